The first kappa shape index (κ1) is 18.5. The van der Waals surface area contributed by atoms with Gasteiger partial charge in [-0.25, -0.2) is 9.97 Å². The quantitative estimate of drug-likeness (QED) is 0.722. The summed E-state index contributed by atoms with van der Waals surface area (Å²) >= 11 is 2.90. The van der Waals surface area contributed by atoms with Crippen LogP contribution in [0.3, 0.4) is 0 Å². The molecule has 0 radical (unpaired) electrons. The molecule has 0 saturated heterocycles. The van der Waals surface area contributed by atoms with E-state index in [1.165, 1.54) is 11.3 Å². The fourth-order valence-corrected chi connectivity index (χ4v) is 3.63. The molecule has 9 heteroatoms. The molecule has 2 aromatic heterocycles. The Kier molecular flexibility index (Phi) is 6.03. The largest absolute Gasteiger partial charge is 0.346 e. The fraction of sp³-hybridized carbons (Fsp3) is 0.467. The molecule has 2 aromatic rings. The number of amides is 2. The van der Waals surface area contributed by atoms with Crippen LogP contribution in [0.2, 0.25) is 0 Å². The highest BCUT2D eigenvalue weighted by Crippen LogP contribution is 2.31. The Morgan fingerprint density at radius 1 is 1.29 bits per heavy atom. The van der Waals surface area contributed by atoms with E-state index in [4.69, 9.17) is 5.73 Å². The SMILES string of the molecule is Cc1nc(C)c(-c2csc(NC(=O)CNC(=O)[C@@H](N)C(C)C)n2)s1. The highest BCUT2D eigenvalue weighted by atomic mass is 32.1. The molecule has 130 valence electrons. The summed E-state index contributed by atoms with van der Waals surface area (Å²) in [5.74, 6) is -0.658. The van der Waals surface area contributed by atoms with Crippen LogP contribution in [-0.2, 0) is 9.59 Å². The topological polar surface area (TPSA) is 110 Å². The molecule has 0 saturated carbocycles. The second kappa shape index (κ2) is 7.82. The van der Waals surface area contributed by atoms with E-state index in [0.717, 1.165) is 21.3 Å². The van der Waals surface area contributed by atoms with Crippen LogP contribution in [0.1, 0.15) is 24.5 Å². The van der Waals surface area contributed by atoms with Crippen LogP contribution in [0.15, 0.2) is 5.38 Å². The van der Waals surface area contributed by atoms with Gasteiger partial charge in [0, 0.05) is 5.38 Å². The Hall–Kier alpha value is -1.84. The van der Waals surface area contributed by atoms with Crippen molar-refractivity contribution in [1.82, 2.24) is 15.3 Å². The van der Waals surface area contributed by atoms with Gasteiger partial charge in [0.05, 0.1) is 33.9 Å². The smallest absolute Gasteiger partial charge is 0.245 e. The van der Waals surface area contributed by atoms with Gasteiger partial charge in [-0.15, -0.1) is 22.7 Å². The maximum atomic E-state index is 11.9. The molecule has 0 aliphatic carbocycles. The summed E-state index contributed by atoms with van der Waals surface area (Å²) in [6.45, 7) is 7.45. The van der Waals surface area contributed by atoms with Gasteiger partial charge in [0.25, 0.3) is 0 Å². The van der Waals surface area contributed by atoms with Crippen LogP contribution in [0.4, 0.5) is 5.13 Å². The Bertz CT molecular complexity index is 738. The van der Waals surface area contributed by atoms with Crippen LogP contribution >= 0.6 is 22.7 Å². The number of nitrogens with zero attached hydrogens (tertiary/aromatic N) is 2. The summed E-state index contributed by atoms with van der Waals surface area (Å²) < 4.78 is 0. The van der Waals surface area contributed by atoms with E-state index in [1.54, 1.807) is 11.3 Å². The number of thiazole rings is 2. The average Bonchev–Trinajstić information content (AvgIpc) is 3.09. The van der Waals surface area contributed by atoms with E-state index in [-0.39, 0.29) is 24.3 Å². The van der Waals surface area contributed by atoms with Gasteiger partial charge in [-0.2, -0.15) is 0 Å². The second-order valence-corrected chi connectivity index (χ2v) is 7.78. The number of anilines is 1. The molecule has 0 unspecified atom stereocenters. The summed E-state index contributed by atoms with van der Waals surface area (Å²) in [5.41, 5.74) is 7.45. The van der Waals surface area contributed by atoms with Crippen molar-refractivity contribution in [3.05, 3.63) is 16.1 Å². The first-order valence-electron chi connectivity index (χ1n) is 7.51. The van der Waals surface area contributed by atoms with Crippen LogP contribution in [0, 0.1) is 19.8 Å². The molecule has 0 aromatic carbocycles. The van der Waals surface area contributed by atoms with Crippen LogP contribution < -0.4 is 16.4 Å². The monoisotopic (exact) mass is 367 g/mol. The Morgan fingerprint density at radius 2 is 2.00 bits per heavy atom. The number of hydrogen-bond acceptors (Lipinski definition) is 7. The summed E-state index contributed by atoms with van der Waals surface area (Å²) in [5, 5.41) is 8.55. The lowest BCUT2D eigenvalue weighted by Gasteiger charge is -2.14. The minimum absolute atomic E-state index is 0.0145. The van der Waals surface area contributed by atoms with Gasteiger partial charge < -0.3 is 16.4 Å². The zero-order valence-corrected chi connectivity index (χ0v) is 15.7. The standard InChI is InChI=1S/C15H21N5O2S2/c1-7(2)12(16)14(22)17-5-11(21)20-15-19-10(6-23-15)13-8(3)18-9(4)24-13/h6-7,12H,5,16H2,1-4H3,(H,17,22)(H,19,20,21)/t12-/m0/s1. The van der Waals surface area contributed by atoms with Crippen molar-refractivity contribution < 1.29 is 9.59 Å². The zero-order chi connectivity index (χ0) is 17.9. The van der Waals surface area contributed by atoms with Gasteiger partial charge in [0.2, 0.25) is 11.8 Å². The minimum Gasteiger partial charge on any atom is -0.346 e. The molecule has 0 aliphatic rings. The van der Waals surface area contributed by atoms with Crippen LogP contribution in [-0.4, -0.2) is 34.4 Å². The van der Waals surface area contributed by atoms with Gasteiger partial charge in [-0.05, 0) is 19.8 Å². The third-order valence-corrected chi connectivity index (χ3v) is 5.18. The van der Waals surface area contributed by atoms with E-state index in [0.29, 0.717) is 5.13 Å². The Morgan fingerprint density at radius 3 is 2.58 bits per heavy atom. The molecule has 1 atom stereocenters. The van der Waals surface area contributed by atoms with Crippen molar-refractivity contribution in [2.24, 2.45) is 11.7 Å². The number of aromatic nitrogens is 2. The highest BCUT2D eigenvalue weighted by molar-refractivity contribution is 7.16. The normalized spacial score (nSPS) is 12.2. The van der Waals surface area contributed by atoms with E-state index in [1.807, 2.05) is 33.1 Å². The maximum absolute atomic E-state index is 11.9. The lowest BCUT2D eigenvalue weighted by Crippen LogP contribution is -2.46. The maximum Gasteiger partial charge on any atom is 0.245 e. The number of hydrogen-bond donors (Lipinski definition) is 3. The summed E-state index contributed by atoms with van der Waals surface area (Å²) in [6, 6.07) is -0.623. The molecular formula is C15H21N5O2S2. The Labute approximate surface area is 148 Å². The van der Waals surface area contributed by atoms with Crippen molar-refractivity contribution in [3.63, 3.8) is 0 Å². The summed E-state index contributed by atoms with van der Waals surface area (Å²) in [7, 11) is 0. The third-order valence-electron chi connectivity index (χ3n) is 3.33. The predicted octanol–water partition coefficient (Wildman–Crippen LogP) is 1.92. The molecule has 7 nitrogen and oxygen atoms in total. The summed E-state index contributed by atoms with van der Waals surface area (Å²) in [6.07, 6.45) is 0. The molecule has 2 amide bonds. The highest BCUT2D eigenvalue weighted by Gasteiger charge is 2.18. The van der Waals surface area contributed by atoms with Crippen LogP contribution in [0.5, 0.6) is 0 Å². The van der Waals surface area contributed by atoms with Gasteiger partial charge in [-0.1, -0.05) is 13.8 Å². The Balaban J connectivity index is 1.91. The average molecular weight is 368 g/mol. The number of nitrogens with two attached hydrogens (primary N) is 1. The lowest BCUT2D eigenvalue weighted by molar-refractivity contribution is -0.125. The number of nitrogens with one attached hydrogen (secondary N) is 2. The van der Waals surface area contributed by atoms with Gasteiger partial charge >= 0.3 is 0 Å². The summed E-state index contributed by atoms with van der Waals surface area (Å²) in [4.78, 5) is 33.4. The molecule has 2 heterocycles. The van der Waals surface area contributed by atoms with E-state index in [9.17, 15) is 9.59 Å². The van der Waals surface area contributed by atoms with Crippen molar-refractivity contribution in [2.75, 3.05) is 11.9 Å². The number of rotatable bonds is 6. The molecule has 0 aliphatic heterocycles. The van der Waals surface area contributed by atoms with Crippen molar-refractivity contribution >= 4 is 39.6 Å². The van der Waals surface area contributed by atoms with E-state index in [2.05, 4.69) is 20.6 Å². The lowest BCUT2D eigenvalue weighted by atomic mass is 10.1. The van der Waals surface area contributed by atoms with E-state index >= 15 is 0 Å². The van der Waals surface area contributed by atoms with Crippen molar-refractivity contribution in [1.29, 1.82) is 0 Å². The predicted molar refractivity (Wildman–Crippen MR) is 97.1 cm³/mol. The first-order chi connectivity index (χ1) is 11.3. The van der Waals surface area contributed by atoms with Crippen LogP contribution in [0.25, 0.3) is 10.6 Å². The number of carbonyl (C=O) groups excluding carboxylic acids is 2. The van der Waals surface area contributed by atoms with Gasteiger partial charge in [-0.3, -0.25) is 9.59 Å². The number of aryl methyl sites for hydroxylation is 2. The molecular weight excluding hydrogens is 346 g/mol. The number of carbonyl (C=O) groups is 2. The molecule has 2 rings (SSSR count). The van der Waals surface area contributed by atoms with Crippen molar-refractivity contribution in [2.45, 2.75) is 33.7 Å². The third kappa shape index (κ3) is 4.59. The van der Waals surface area contributed by atoms with Gasteiger partial charge in [0.1, 0.15) is 0 Å². The first-order valence-corrected chi connectivity index (χ1v) is 9.20. The molecule has 0 fully saturated rings. The molecule has 0 bridgehead atoms. The fourth-order valence-electron chi connectivity index (χ4n) is 1.96. The molecule has 24 heavy (non-hydrogen) atoms. The van der Waals surface area contributed by atoms with Crippen molar-refractivity contribution in [3.8, 4) is 10.6 Å². The second-order valence-electron chi connectivity index (χ2n) is 5.72. The molecule has 4 N–H and O–H groups in total. The zero-order valence-electron chi connectivity index (χ0n) is 14.0. The minimum atomic E-state index is -0.623. The van der Waals surface area contributed by atoms with Gasteiger partial charge in [0.15, 0.2) is 5.13 Å². The van der Waals surface area contributed by atoms with E-state index < -0.39 is 6.04 Å². The molecule has 0 spiro atoms.